The molecule has 0 spiro atoms. The second kappa shape index (κ2) is 9.21. The van der Waals surface area contributed by atoms with E-state index in [4.69, 9.17) is 21.7 Å². The zero-order chi connectivity index (χ0) is 23.5. The molecule has 1 heterocycles. The number of hydrogen-bond acceptors (Lipinski definition) is 6. The normalized spacial score (nSPS) is 10.7. The second-order valence-electron chi connectivity index (χ2n) is 7.10. The number of halogens is 1. The lowest BCUT2D eigenvalue weighted by atomic mass is 10.1. The number of aromatic nitrogens is 3. The molecule has 8 nitrogen and oxygen atoms in total. The highest BCUT2D eigenvalue weighted by Crippen LogP contribution is 2.25. The predicted molar refractivity (Wildman–Crippen MR) is 127 cm³/mol. The van der Waals surface area contributed by atoms with E-state index >= 15 is 0 Å². The van der Waals surface area contributed by atoms with Gasteiger partial charge >= 0.3 is 0 Å². The number of ether oxygens (including phenoxy) is 2. The number of nitrogens with one attached hydrogen (secondary N) is 2. The van der Waals surface area contributed by atoms with Gasteiger partial charge in [0.1, 0.15) is 28.3 Å². The van der Waals surface area contributed by atoms with E-state index in [9.17, 15) is 9.18 Å². The minimum absolute atomic E-state index is 0.117. The molecule has 33 heavy (non-hydrogen) atoms. The van der Waals surface area contributed by atoms with E-state index < -0.39 is 5.91 Å². The zero-order valence-electron chi connectivity index (χ0n) is 18.0. The van der Waals surface area contributed by atoms with Crippen LogP contribution in [0.5, 0.6) is 11.5 Å². The first-order chi connectivity index (χ1) is 15.9. The average Bonchev–Trinajstić information content (AvgIpc) is 3.21. The standard InChI is InChI=1S/C23H20FN5O3S/c1-13-10-19-20(28-29(27-19)15-6-4-14(24)5-7-15)12-18(13)25-23(33)26-22(30)17-9-8-16(31-2)11-21(17)32-3/h4-12H,1-3H3,(H2,25,26,30,33). The summed E-state index contributed by atoms with van der Waals surface area (Å²) in [7, 11) is 3.00. The molecule has 0 radical (unpaired) electrons. The number of anilines is 1. The van der Waals surface area contributed by atoms with Crippen LogP contribution in [-0.4, -0.2) is 40.2 Å². The van der Waals surface area contributed by atoms with Gasteiger partial charge in [0.15, 0.2) is 5.11 Å². The fourth-order valence-electron chi connectivity index (χ4n) is 3.20. The molecule has 1 amide bonds. The minimum Gasteiger partial charge on any atom is -0.497 e. The first-order valence-electron chi connectivity index (χ1n) is 9.86. The minimum atomic E-state index is -0.423. The number of thiocarbonyl (C=S) groups is 1. The highest BCUT2D eigenvalue weighted by Gasteiger charge is 2.16. The molecule has 2 N–H and O–H groups in total. The zero-order valence-corrected chi connectivity index (χ0v) is 18.9. The highest BCUT2D eigenvalue weighted by molar-refractivity contribution is 7.80. The van der Waals surface area contributed by atoms with Gasteiger partial charge in [-0.15, -0.1) is 10.2 Å². The van der Waals surface area contributed by atoms with Crippen molar-refractivity contribution >= 4 is 40.0 Å². The summed E-state index contributed by atoms with van der Waals surface area (Å²) < 4.78 is 23.6. The van der Waals surface area contributed by atoms with Crippen molar-refractivity contribution in [3.63, 3.8) is 0 Å². The molecule has 0 saturated heterocycles. The van der Waals surface area contributed by atoms with Crippen LogP contribution >= 0.6 is 12.2 Å². The molecule has 0 aliphatic carbocycles. The fourth-order valence-corrected chi connectivity index (χ4v) is 3.41. The van der Waals surface area contributed by atoms with Crippen LogP contribution < -0.4 is 20.1 Å². The van der Waals surface area contributed by atoms with Crippen LogP contribution in [0.25, 0.3) is 16.7 Å². The summed E-state index contributed by atoms with van der Waals surface area (Å²) >= 11 is 5.33. The molecule has 0 fully saturated rings. The number of amides is 1. The van der Waals surface area contributed by atoms with Crippen molar-refractivity contribution in [2.75, 3.05) is 19.5 Å². The van der Waals surface area contributed by atoms with Crippen molar-refractivity contribution in [3.05, 3.63) is 71.5 Å². The van der Waals surface area contributed by atoms with E-state index in [0.717, 1.165) is 5.56 Å². The maximum atomic E-state index is 13.2. The molecule has 3 aromatic carbocycles. The molecule has 0 atom stereocenters. The molecule has 0 unspecified atom stereocenters. The molecule has 0 bridgehead atoms. The van der Waals surface area contributed by atoms with Gasteiger partial charge in [0, 0.05) is 11.8 Å². The fraction of sp³-hybridized carbons (Fsp3) is 0.130. The summed E-state index contributed by atoms with van der Waals surface area (Å²) in [5, 5.41) is 14.7. The Morgan fingerprint density at radius 1 is 1.00 bits per heavy atom. The average molecular weight is 466 g/mol. The van der Waals surface area contributed by atoms with Crippen LogP contribution in [-0.2, 0) is 0 Å². The van der Waals surface area contributed by atoms with Crippen LogP contribution in [0.15, 0.2) is 54.6 Å². The molecule has 0 saturated carbocycles. The number of nitrogens with zero attached hydrogens (tertiary/aromatic N) is 3. The van der Waals surface area contributed by atoms with Crippen LogP contribution in [0.1, 0.15) is 15.9 Å². The van der Waals surface area contributed by atoms with Crippen molar-refractivity contribution < 1.29 is 18.7 Å². The first kappa shape index (κ1) is 22.2. The number of rotatable bonds is 5. The van der Waals surface area contributed by atoms with Gasteiger partial charge < -0.3 is 14.8 Å². The third-order valence-corrected chi connectivity index (χ3v) is 5.12. The molecular formula is C23H20FN5O3S. The molecule has 4 rings (SSSR count). The molecule has 4 aromatic rings. The largest absolute Gasteiger partial charge is 0.497 e. The Bertz CT molecular complexity index is 1350. The number of benzene rings is 3. The number of hydrogen-bond donors (Lipinski definition) is 2. The van der Waals surface area contributed by atoms with Gasteiger partial charge in [0.2, 0.25) is 0 Å². The SMILES string of the molecule is COc1ccc(C(=O)NC(=S)Nc2cc3nn(-c4ccc(F)cc4)nc3cc2C)c(OC)c1. The monoisotopic (exact) mass is 465 g/mol. The molecular weight excluding hydrogens is 445 g/mol. The number of aryl methyl sites for hydroxylation is 1. The van der Waals surface area contributed by atoms with Gasteiger partial charge in [0.05, 0.1) is 25.5 Å². The van der Waals surface area contributed by atoms with Crippen molar-refractivity contribution in [1.29, 1.82) is 0 Å². The smallest absolute Gasteiger partial charge is 0.261 e. The highest BCUT2D eigenvalue weighted by atomic mass is 32.1. The molecule has 0 aliphatic heterocycles. The van der Waals surface area contributed by atoms with E-state index in [-0.39, 0.29) is 10.9 Å². The van der Waals surface area contributed by atoms with Gasteiger partial charge in [-0.1, -0.05) is 0 Å². The van der Waals surface area contributed by atoms with Gasteiger partial charge in [-0.3, -0.25) is 10.1 Å². The molecule has 168 valence electrons. The van der Waals surface area contributed by atoms with E-state index in [2.05, 4.69) is 20.8 Å². The summed E-state index contributed by atoms with van der Waals surface area (Å²) in [4.78, 5) is 14.1. The predicted octanol–water partition coefficient (Wildman–Crippen LogP) is 4.01. The summed E-state index contributed by atoms with van der Waals surface area (Å²) in [6.07, 6.45) is 0. The molecule has 10 heteroatoms. The Morgan fingerprint density at radius 2 is 1.70 bits per heavy atom. The maximum Gasteiger partial charge on any atom is 0.261 e. The van der Waals surface area contributed by atoms with Gasteiger partial charge in [-0.2, -0.15) is 4.80 Å². The quantitative estimate of drug-likeness (QED) is 0.431. The number of carbonyl (C=O) groups is 1. The van der Waals surface area contributed by atoms with Crippen LogP contribution in [0.4, 0.5) is 10.1 Å². The number of carbonyl (C=O) groups excluding carboxylic acids is 1. The van der Waals surface area contributed by atoms with Crippen molar-refractivity contribution in [1.82, 2.24) is 20.3 Å². The Morgan fingerprint density at radius 3 is 2.36 bits per heavy atom. The Kier molecular flexibility index (Phi) is 6.18. The van der Waals surface area contributed by atoms with Gasteiger partial charge in [-0.05, 0) is 73.2 Å². The first-order valence-corrected chi connectivity index (χ1v) is 10.3. The number of methoxy groups -OCH3 is 2. The molecule has 0 aliphatic rings. The number of fused-ring (bicyclic) bond motifs is 1. The third-order valence-electron chi connectivity index (χ3n) is 4.91. The van der Waals surface area contributed by atoms with Crippen molar-refractivity contribution in [3.8, 4) is 17.2 Å². The van der Waals surface area contributed by atoms with E-state index in [1.165, 1.54) is 31.1 Å². The molecule has 1 aromatic heterocycles. The summed E-state index contributed by atoms with van der Waals surface area (Å²) in [5.41, 5.74) is 3.75. The Balaban J connectivity index is 1.52. The second-order valence-corrected chi connectivity index (χ2v) is 7.50. The van der Waals surface area contributed by atoms with Crippen molar-refractivity contribution in [2.24, 2.45) is 0 Å². The van der Waals surface area contributed by atoms with E-state index in [1.807, 2.05) is 13.0 Å². The van der Waals surface area contributed by atoms with Gasteiger partial charge in [-0.25, -0.2) is 4.39 Å². The lowest BCUT2D eigenvalue weighted by Gasteiger charge is -2.13. The topological polar surface area (TPSA) is 90.3 Å². The summed E-state index contributed by atoms with van der Waals surface area (Å²) in [6.45, 7) is 1.88. The third kappa shape index (κ3) is 4.75. The summed E-state index contributed by atoms with van der Waals surface area (Å²) in [5.74, 6) is 0.181. The van der Waals surface area contributed by atoms with Crippen LogP contribution in [0.3, 0.4) is 0 Å². The summed E-state index contributed by atoms with van der Waals surface area (Å²) in [6, 6.07) is 14.4. The van der Waals surface area contributed by atoms with Gasteiger partial charge in [0.25, 0.3) is 5.91 Å². The van der Waals surface area contributed by atoms with Crippen LogP contribution in [0, 0.1) is 12.7 Å². The van der Waals surface area contributed by atoms with E-state index in [0.29, 0.717) is 39.5 Å². The van der Waals surface area contributed by atoms with Crippen LogP contribution in [0.2, 0.25) is 0 Å². The van der Waals surface area contributed by atoms with E-state index in [1.54, 1.807) is 36.4 Å². The lowest BCUT2D eigenvalue weighted by Crippen LogP contribution is -2.34. The Hall–Kier alpha value is -4.05. The maximum absolute atomic E-state index is 13.2. The lowest BCUT2D eigenvalue weighted by molar-refractivity contribution is 0.0974. The van der Waals surface area contributed by atoms with Crippen molar-refractivity contribution in [2.45, 2.75) is 6.92 Å². The Labute approximate surface area is 194 Å².